The summed E-state index contributed by atoms with van der Waals surface area (Å²) in [6.07, 6.45) is 0.0227. The molecule has 0 saturated heterocycles. The lowest BCUT2D eigenvalue weighted by Crippen LogP contribution is -2.33. The maximum Gasteiger partial charge on any atom is 0.303 e. The Bertz CT molecular complexity index is 588. The van der Waals surface area contributed by atoms with Crippen molar-refractivity contribution >= 4 is 17.6 Å². The number of carbonyl (C=O) groups is 2. The molecule has 0 heterocycles. The quantitative estimate of drug-likeness (QED) is 0.616. The molecule has 1 amide bonds. The van der Waals surface area contributed by atoms with Crippen molar-refractivity contribution in [2.75, 3.05) is 0 Å². The summed E-state index contributed by atoms with van der Waals surface area (Å²) in [4.78, 5) is 32.7. The number of rotatable bonds is 6. The van der Waals surface area contributed by atoms with E-state index in [1.54, 1.807) is 6.92 Å². The van der Waals surface area contributed by atoms with E-state index in [1.165, 1.54) is 6.92 Å². The molecular weight excluding hydrogens is 283 g/mol. The highest BCUT2D eigenvalue weighted by Crippen LogP contribution is 2.24. The van der Waals surface area contributed by atoms with Gasteiger partial charge in [0.05, 0.1) is 4.92 Å². The largest absolute Gasteiger partial charge is 0.481 e. The molecule has 1 unspecified atom stereocenters. The maximum atomic E-state index is 13.3. The Labute approximate surface area is 119 Å². The smallest absolute Gasteiger partial charge is 0.303 e. The standard InChI is InChI=1S/C13H15FN2O5/c1-7-5-9(14)6-10(12(7)16(20)21)13(19)15-8(2)3-4-11(17)18/h5-6,8H,3-4H2,1-2H3,(H,15,19)(H,17,18). The Morgan fingerprint density at radius 2 is 2.10 bits per heavy atom. The van der Waals surface area contributed by atoms with E-state index < -0.39 is 34.3 Å². The monoisotopic (exact) mass is 298 g/mol. The molecule has 114 valence electrons. The first-order chi connectivity index (χ1) is 9.72. The van der Waals surface area contributed by atoms with Crippen molar-refractivity contribution < 1.29 is 24.0 Å². The predicted octanol–water partition coefficient (Wildman–Crippen LogP) is 2.03. The molecule has 2 N–H and O–H groups in total. The molecule has 0 spiro atoms. The van der Waals surface area contributed by atoms with E-state index in [4.69, 9.17) is 5.11 Å². The van der Waals surface area contributed by atoms with Gasteiger partial charge in [0.2, 0.25) is 0 Å². The number of hydrogen-bond acceptors (Lipinski definition) is 4. The minimum Gasteiger partial charge on any atom is -0.481 e. The lowest BCUT2D eigenvalue weighted by atomic mass is 10.1. The lowest BCUT2D eigenvalue weighted by Gasteiger charge is -2.13. The van der Waals surface area contributed by atoms with Crippen LogP contribution in [0.5, 0.6) is 0 Å². The molecule has 0 radical (unpaired) electrons. The first-order valence-corrected chi connectivity index (χ1v) is 6.19. The van der Waals surface area contributed by atoms with Gasteiger partial charge in [-0.25, -0.2) is 4.39 Å². The third kappa shape index (κ3) is 4.51. The highest BCUT2D eigenvalue weighted by molar-refractivity contribution is 5.98. The molecule has 0 saturated carbocycles. The summed E-state index contributed by atoms with van der Waals surface area (Å²) in [5.74, 6) is -2.56. The number of nitrogens with one attached hydrogen (secondary N) is 1. The number of carboxylic acids is 1. The van der Waals surface area contributed by atoms with Crippen LogP contribution in [0.4, 0.5) is 10.1 Å². The number of hydrogen-bond donors (Lipinski definition) is 2. The van der Waals surface area contributed by atoms with E-state index in [9.17, 15) is 24.1 Å². The van der Waals surface area contributed by atoms with Gasteiger partial charge in [-0.2, -0.15) is 0 Å². The van der Waals surface area contributed by atoms with Crippen LogP contribution >= 0.6 is 0 Å². The minimum atomic E-state index is -1.01. The molecule has 0 aromatic heterocycles. The molecule has 1 atom stereocenters. The van der Waals surface area contributed by atoms with Crippen LogP contribution in [0.1, 0.15) is 35.7 Å². The van der Waals surface area contributed by atoms with Crippen molar-refractivity contribution in [2.45, 2.75) is 32.7 Å². The summed E-state index contributed by atoms with van der Waals surface area (Å²) >= 11 is 0. The van der Waals surface area contributed by atoms with Gasteiger partial charge >= 0.3 is 5.97 Å². The van der Waals surface area contributed by atoms with Gasteiger partial charge in [-0.3, -0.25) is 19.7 Å². The molecule has 0 aliphatic rings. The van der Waals surface area contributed by atoms with Crippen molar-refractivity contribution in [3.05, 3.63) is 39.2 Å². The second kappa shape index (κ2) is 6.78. The Morgan fingerprint density at radius 3 is 2.62 bits per heavy atom. The van der Waals surface area contributed by atoms with E-state index in [1.807, 2.05) is 0 Å². The molecular formula is C13H15FN2O5. The number of amides is 1. The Balaban J connectivity index is 2.96. The fraction of sp³-hybridized carbons (Fsp3) is 0.385. The van der Waals surface area contributed by atoms with Gasteiger partial charge in [0.15, 0.2) is 0 Å². The molecule has 21 heavy (non-hydrogen) atoms. The third-order valence-electron chi connectivity index (χ3n) is 2.86. The van der Waals surface area contributed by atoms with Gasteiger partial charge in [0, 0.05) is 18.0 Å². The molecule has 0 aliphatic heterocycles. The molecule has 0 aliphatic carbocycles. The molecule has 0 fully saturated rings. The summed E-state index contributed by atoms with van der Waals surface area (Å²) in [6, 6.07) is 1.27. The number of halogens is 1. The van der Waals surface area contributed by atoms with Crippen LogP contribution in [-0.4, -0.2) is 27.9 Å². The van der Waals surface area contributed by atoms with Crippen molar-refractivity contribution in [3.63, 3.8) is 0 Å². The number of benzene rings is 1. The average molecular weight is 298 g/mol. The summed E-state index contributed by atoms with van der Waals surface area (Å²) in [6.45, 7) is 2.91. The Kier molecular flexibility index (Phi) is 5.34. The summed E-state index contributed by atoms with van der Waals surface area (Å²) in [7, 11) is 0. The van der Waals surface area contributed by atoms with Crippen molar-refractivity contribution in [1.29, 1.82) is 0 Å². The van der Waals surface area contributed by atoms with E-state index in [-0.39, 0.29) is 24.0 Å². The highest BCUT2D eigenvalue weighted by atomic mass is 19.1. The van der Waals surface area contributed by atoms with Gasteiger partial charge in [-0.05, 0) is 32.4 Å². The number of carbonyl (C=O) groups excluding carboxylic acids is 1. The second-order valence-corrected chi connectivity index (χ2v) is 4.68. The second-order valence-electron chi connectivity index (χ2n) is 4.68. The number of aryl methyl sites for hydroxylation is 1. The number of aliphatic carboxylic acids is 1. The fourth-order valence-corrected chi connectivity index (χ4v) is 1.86. The number of nitrogens with zero attached hydrogens (tertiary/aromatic N) is 1. The van der Waals surface area contributed by atoms with Crippen LogP contribution in [0.15, 0.2) is 12.1 Å². The van der Waals surface area contributed by atoms with E-state index in [0.717, 1.165) is 12.1 Å². The van der Waals surface area contributed by atoms with Crippen LogP contribution in [0.3, 0.4) is 0 Å². The Hall–Kier alpha value is -2.51. The zero-order valence-corrected chi connectivity index (χ0v) is 11.6. The molecule has 1 rings (SSSR count). The first-order valence-electron chi connectivity index (χ1n) is 6.19. The van der Waals surface area contributed by atoms with Crippen LogP contribution in [0.25, 0.3) is 0 Å². The topological polar surface area (TPSA) is 110 Å². The van der Waals surface area contributed by atoms with Crippen molar-refractivity contribution in [2.24, 2.45) is 0 Å². The SMILES string of the molecule is Cc1cc(F)cc(C(=O)NC(C)CCC(=O)O)c1[N+](=O)[O-]. The van der Waals surface area contributed by atoms with E-state index in [2.05, 4.69) is 5.32 Å². The first kappa shape index (κ1) is 16.5. The van der Waals surface area contributed by atoms with Crippen molar-refractivity contribution in [1.82, 2.24) is 5.32 Å². The van der Waals surface area contributed by atoms with Gasteiger partial charge in [0.25, 0.3) is 11.6 Å². The summed E-state index contributed by atoms with van der Waals surface area (Å²) in [5.41, 5.74) is -0.789. The zero-order chi connectivity index (χ0) is 16.2. The lowest BCUT2D eigenvalue weighted by molar-refractivity contribution is -0.385. The van der Waals surface area contributed by atoms with Crippen LogP contribution in [0.2, 0.25) is 0 Å². The Morgan fingerprint density at radius 1 is 1.48 bits per heavy atom. The van der Waals surface area contributed by atoms with Gasteiger partial charge in [-0.1, -0.05) is 0 Å². The van der Waals surface area contributed by atoms with Gasteiger partial charge in [-0.15, -0.1) is 0 Å². The number of nitro benzene ring substituents is 1. The minimum absolute atomic E-state index is 0.0448. The fourth-order valence-electron chi connectivity index (χ4n) is 1.86. The molecule has 1 aromatic carbocycles. The van der Waals surface area contributed by atoms with E-state index >= 15 is 0 Å². The van der Waals surface area contributed by atoms with Crippen molar-refractivity contribution in [3.8, 4) is 0 Å². The highest BCUT2D eigenvalue weighted by Gasteiger charge is 2.25. The van der Waals surface area contributed by atoms with Gasteiger partial charge < -0.3 is 10.4 Å². The summed E-state index contributed by atoms with van der Waals surface area (Å²) < 4.78 is 13.3. The third-order valence-corrected chi connectivity index (χ3v) is 2.86. The number of nitro groups is 1. The normalized spacial score (nSPS) is 11.8. The zero-order valence-electron chi connectivity index (χ0n) is 11.6. The number of carboxylic acid groups (broad SMARTS) is 1. The predicted molar refractivity (Wildman–Crippen MR) is 71.6 cm³/mol. The molecule has 1 aromatic rings. The average Bonchev–Trinajstić information content (AvgIpc) is 2.34. The summed E-state index contributed by atoms with van der Waals surface area (Å²) in [5, 5.41) is 22.0. The van der Waals surface area contributed by atoms with Crippen LogP contribution in [-0.2, 0) is 4.79 Å². The van der Waals surface area contributed by atoms with E-state index in [0.29, 0.717) is 0 Å². The molecule has 8 heteroatoms. The van der Waals surface area contributed by atoms with Crippen LogP contribution < -0.4 is 5.32 Å². The molecule has 0 bridgehead atoms. The van der Waals surface area contributed by atoms with Gasteiger partial charge in [0.1, 0.15) is 11.4 Å². The molecule has 7 nitrogen and oxygen atoms in total. The maximum absolute atomic E-state index is 13.3. The van der Waals surface area contributed by atoms with Crippen LogP contribution in [0, 0.1) is 22.9 Å².